The number of nitrogens with two attached hydrogens (primary N) is 1. The predicted molar refractivity (Wildman–Crippen MR) is 131 cm³/mol. The molecule has 2 heterocycles. The summed E-state index contributed by atoms with van der Waals surface area (Å²) in [5, 5.41) is 14.9. The topological polar surface area (TPSA) is 103 Å². The molecule has 170 valence electrons. The fraction of sp³-hybridized carbons (Fsp3) is 0.304. The third-order valence-corrected chi connectivity index (χ3v) is 5.05. The Kier molecular flexibility index (Phi) is 8.95. The van der Waals surface area contributed by atoms with Gasteiger partial charge in [-0.1, -0.05) is 48.9 Å². The van der Waals surface area contributed by atoms with E-state index < -0.39 is 0 Å². The van der Waals surface area contributed by atoms with E-state index in [-0.39, 0.29) is 31.4 Å². The van der Waals surface area contributed by atoms with E-state index in [2.05, 4.69) is 65.7 Å². The molecule has 9 heteroatoms. The Balaban J connectivity index is 0.00000181. The Labute approximate surface area is 200 Å². The van der Waals surface area contributed by atoms with Gasteiger partial charge in [0.2, 0.25) is 5.82 Å². The van der Waals surface area contributed by atoms with E-state index in [4.69, 9.17) is 15.5 Å². The number of fused-ring (bicyclic) bond motifs is 1. The molecule has 2 aromatic heterocycles. The van der Waals surface area contributed by atoms with Crippen LogP contribution in [-0.2, 0) is 19.6 Å². The first-order valence-electron chi connectivity index (χ1n) is 10.1. The predicted octanol–water partition coefficient (Wildman–Crippen LogP) is 4.80. The number of ether oxygens (including phenoxy) is 1. The van der Waals surface area contributed by atoms with Crippen LogP contribution in [0.15, 0.2) is 42.5 Å². The number of aromatic amines is 1. The number of hydrogen-bond acceptors (Lipinski definition) is 6. The molecule has 7 nitrogen and oxygen atoms in total. The summed E-state index contributed by atoms with van der Waals surface area (Å²) in [6.45, 7) is 7.16. The molecule has 0 saturated carbocycles. The number of aryl methyl sites for hydroxylation is 1. The largest absolute Gasteiger partial charge is 0.485 e. The average Bonchev–Trinajstić information content (AvgIpc) is 3.25. The third kappa shape index (κ3) is 5.54. The van der Waals surface area contributed by atoms with Gasteiger partial charge in [0.15, 0.2) is 6.61 Å². The van der Waals surface area contributed by atoms with Gasteiger partial charge in [0.1, 0.15) is 5.75 Å². The van der Waals surface area contributed by atoms with E-state index in [9.17, 15) is 0 Å². The van der Waals surface area contributed by atoms with Crippen molar-refractivity contribution in [2.75, 3.05) is 0 Å². The Hall–Kier alpha value is -2.74. The van der Waals surface area contributed by atoms with Crippen LogP contribution in [0.2, 0.25) is 0 Å². The minimum absolute atomic E-state index is 0. The second kappa shape index (κ2) is 11.2. The lowest BCUT2D eigenvalue weighted by Crippen LogP contribution is -2.10. The van der Waals surface area contributed by atoms with Gasteiger partial charge in [-0.05, 0) is 54.2 Å². The zero-order chi connectivity index (χ0) is 21.1. The van der Waals surface area contributed by atoms with Crippen molar-refractivity contribution < 1.29 is 4.74 Å². The number of aromatic nitrogens is 5. The number of tetrazole rings is 1. The van der Waals surface area contributed by atoms with E-state index in [0.717, 1.165) is 45.5 Å². The summed E-state index contributed by atoms with van der Waals surface area (Å²) in [6.07, 6.45) is 0.886. The van der Waals surface area contributed by atoms with Crippen LogP contribution in [0.25, 0.3) is 22.0 Å². The highest BCUT2D eigenvalue weighted by molar-refractivity contribution is 5.97. The Bertz CT molecular complexity index is 1150. The maximum absolute atomic E-state index is 6.25. The first kappa shape index (κ1) is 25.5. The summed E-state index contributed by atoms with van der Waals surface area (Å²) in [5.41, 5.74) is 12.8. The molecule has 4 rings (SSSR count). The zero-order valence-electron chi connectivity index (χ0n) is 18.3. The molecule has 32 heavy (non-hydrogen) atoms. The summed E-state index contributed by atoms with van der Waals surface area (Å²) in [5.74, 6) is 1.72. The Morgan fingerprint density at radius 3 is 2.44 bits per heavy atom. The lowest BCUT2D eigenvalue weighted by Gasteiger charge is -2.18. The van der Waals surface area contributed by atoms with Crippen molar-refractivity contribution in [2.24, 2.45) is 11.7 Å². The molecule has 0 atom stereocenters. The van der Waals surface area contributed by atoms with Gasteiger partial charge in [-0.3, -0.25) is 4.98 Å². The highest BCUT2D eigenvalue weighted by atomic mass is 35.5. The quantitative estimate of drug-likeness (QED) is 0.398. The van der Waals surface area contributed by atoms with Crippen LogP contribution in [0.1, 0.15) is 36.5 Å². The first-order chi connectivity index (χ1) is 14.5. The second-order valence-electron chi connectivity index (χ2n) is 7.88. The van der Waals surface area contributed by atoms with Gasteiger partial charge in [-0.2, -0.15) is 5.21 Å². The fourth-order valence-electron chi connectivity index (χ4n) is 3.64. The van der Waals surface area contributed by atoms with Crippen molar-refractivity contribution in [2.45, 2.75) is 40.3 Å². The molecule has 0 aliphatic heterocycles. The van der Waals surface area contributed by atoms with Crippen molar-refractivity contribution in [1.29, 1.82) is 0 Å². The van der Waals surface area contributed by atoms with Gasteiger partial charge >= 0.3 is 0 Å². The van der Waals surface area contributed by atoms with E-state index in [1.54, 1.807) is 0 Å². The molecule has 4 aromatic rings. The van der Waals surface area contributed by atoms with Crippen molar-refractivity contribution >= 4 is 35.7 Å². The Morgan fingerprint density at radius 1 is 1.06 bits per heavy atom. The second-order valence-corrected chi connectivity index (χ2v) is 7.88. The lowest BCUT2D eigenvalue weighted by atomic mass is 9.91. The molecule has 0 saturated heterocycles. The minimum Gasteiger partial charge on any atom is -0.485 e. The van der Waals surface area contributed by atoms with Gasteiger partial charge in [0, 0.05) is 17.6 Å². The smallest absolute Gasteiger partial charge is 0.211 e. The van der Waals surface area contributed by atoms with Gasteiger partial charge in [0.25, 0.3) is 0 Å². The third-order valence-electron chi connectivity index (χ3n) is 5.05. The molecular formula is C23H28Cl2N6O. The molecule has 0 bridgehead atoms. The average molecular weight is 475 g/mol. The van der Waals surface area contributed by atoms with E-state index in [1.807, 2.05) is 18.2 Å². The molecule has 0 amide bonds. The highest BCUT2D eigenvalue weighted by Crippen LogP contribution is 2.36. The maximum atomic E-state index is 6.25. The number of benzene rings is 2. The number of H-pyrrole nitrogens is 1. The standard InChI is InChI=1S/C23H26N6O.2ClH/c1-14(2)10-21-19(12-24)23(16-6-4-15(3)5-7-16)18-11-17(8-9-20(18)25-21)30-13-22-26-28-29-27-22;;/h4-9,11,14H,10,12-13,24H2,1-3H3,(H,26,27,28,29);2*1H. The highest BCUT2D eigenvalue weighted by Gasteiger charge is 2.17. The van der Waals surface area contributed by atoms with Crippen LogP contribution in [0.5, 0.6) is 5.75 Å². The summed E-state index contributed by atoms with van der Waals surface area (Å²) >= 11 is 0. The van der Waals surface area contributed by atoms with E-state index in [1.165, 1.54) is 5.56 Å². The maximum Gasteiger partial charge on any atom is 0.211 e. The van der Waals surface area contributed by atoms with Crippen LogP contribution >= 0.6 is 24.8 Å². The van der Waals surface area contributed by atoms with Crippen LogP contribution in [0, 0.1) is 12.8 Å². The lowest BCUT2D eigenvalue weighted by molar-refractivity contribution is 0.296. The van der Waals surface area contributed by atoms with Gasteiger partial charge in [0.05, 0.1) is 5.52 Å². The SMILES string of the molecule is Cc1ccc(-c2c(CN)c(CC(C)C)nc3ccc(OCc4nn[nH]n4)cc23)cc1.Cl.Cl. The normalized spacial score (nSPS) is 10.7. The number of hydrogen-bond donors (Lipinski definition) is 2. The van der Waals surface area contributed by atoms with E-state index >= 15 is 0 Å². The fourth-order valence-corrected chi connectivity index (χ4v) is 3.64. The van der Waals surface area contributed by atoms with Crippen molar-refractivity contribution in [3.63, 3.8) is 0 Å². The molecule has 2 aromatic carbocycles. The number of nitrogens with one attached hydrogen (secondary N) is 1. The molecule has 0 fully saturated rings. The number of nitrogens with zero attached hydrogens (tertiary/aromatic N) is 4. The molecule has 0 unspecified atom stereocenters. The van der Waals surface area contributed by atoms with Crippen LogP contribution in [0.4, 0.5) is 0 Å². The van der Waals surface area contributed by atoms with Crippen molar-refractivity contribution in [3.8, 4) is 16.9 Å². The van der Waals surface area contributed by atoms with Crippen LogP contribution in [0.3, 0.4) is 0 Å². The van der Waals surface area contributed by atoms with Crippen molar-refractivity contribution in [1.82, 2.24) is 25.6 Å². The van der Waals surface area contributed by atoms with Crippen LogP contribution in [-0.4, -0.2) is 25.6 Å². The number of rotatable bonds is 7. The molecule has 0 aliphatic rings. The summed E-state index contributed by atoms with van der Waals surface area (Å²) < 4.78 is 5.89. The van der Waals surface area contributed by atoms with Gasteiger partial charge in [-0.15, -0.1) is 35.0 Å². The summed E-state index contributed by atoms with van der Waals surface area (Å²) in [4.78, 5) is 4.97. The van der Waals surface area contributed by atoms with Crippen molar-refractivity contribution in [3.05, 3.63) is 65.1 Å². The first-order valence-corrected chi connectivity index (χ1v) is 10.1. The van der Waals surface area contributed by atoms with Gasteiger partial charge < -0.3 is 10.5 Å². The summed E-state index contributed by atoms with van der Waals surface area (Å²) in [6, 6.07) is 14.5. The molecule has 0 radical (unpaired) electrons. The number of halogens is 2. The minimum atomic E-state index is 0. The molecule has 0 spiro atoms. The van der Waals surface area contributed by atoms with Crippen LogP contribution < -0.4 is 10.5 Å². The zero-order valence-corrected chi connectivity index (χ0v) is 20.0. The summed E-state index contributed by atoms with van der Waals surface area (Å²) in [7, 11) is 0. The number of pyridine rings is 1. The molecule has 0 aliphatic carbocycles. The van der Waals surface area contributed by atoms with E-state index in [0.29, 0.717) is 18.3 Å². The molecular weight excluding hydrogens is 447 g/mol. The molecule has 3 N–H and O–H groups in total. The Morgan fingerprint density at radius 2 is 1.81 bits per heavy atom. The monoisotopic (exact) mass is 474 g/mol. The van der Waals surface area contributed by atoms with Gasteiger partial charge in [-0.25, -0.2) is 0 Å².